The van der Waals surface area contributed by atoms with Crippen molar-refractivity contribution in [1.29, 1.82) is 0 Å². The lowest BCUT2D eigenvalue weighted by Gasteiger charge is -2.17. The molecular weight excluding hydrogens is 475 g/mol. The number of nitrogens with zero attached hydrogens (tertiary/aromatic N) is 1. The number of halogens is 1. The molecule has 0 aliphatic carbocycles. The fraction of sp³-hybridized carbons (Fsp3) is 0.414. The maximum absolute atomic E-state index is 13.5. The van der Waals surface area contributed by atoms with Crippen LogP contribution < -0.4 is 10.5 Å². The predicted octanol–water partition coefficient (Wildman–Crippen LogP) is 5.53. The first-order chi connectivity index (χ1) is 17.7. The van der Waals surface area contributed by atoms with E-state index in [0.29, 0.717) is 17.9 Å². The van der Waals surface area contributed by atoms with E-state index in [2.05, 4.69) is 24.1 Å². The lowest BCUT2D eigenvalue weighted by Crippen LogP contribution is -2.13. The van der Waals surface area contributed by atoms with Crippen LogP contribution in [-0.2, 0) is 33.7 Å². The van der Waals surface area contributed by atoms with Gasteiger partial charge in [-0.25, -0.2) is 9.18 Å². The maximum Gasteiger partial charge on any atom is 0.343 e. The molecule has 1 amide bonds. The Morgan fingerprint density at radius 1 is 1.14 bits per heavy atom. The normalized spacial score (nSPS) is 10.1. The number of fused-ring (bicyclic) bond motifs is 1. The topological polar surface area (TPSA) is 101 Å². The number of ketones is 1. The number of rotatable bonds is 9. The van der Waals surface area contributed by atoms with Gasteiger partial charge in [0.05, 0.1) is 18.0 Å². The summed E-state index contributed by atoms with van der Waals surface area (Å²) in [5.74, 6) is -0.334. The van der Waals surface area contributed by atoms with Crippen molar-refractivity contribution in [3.8, 4) is 5.75 Å². The molecule has 7 nitrogen and oxygen atoms in total. The Morgan fingerprint density at radius 3 is 2.22 bits per heavy atom. The molecule has 1 heterocycles. The number of benzene rings is 2. The van der Waals surface area contributed by atoms with Gasteiger partial charge in [-0.1, -0.05) is 46.2 Å². The highest BCUT2D eigenvalue weighted by Crippen LogP contribution is 2.39. The third-order valence-corrected chi connectivity index (χ3v) is 5.81. The van der Waals surface area contributed by atoms with Crippen molar-refractivity contribution in [2.45, 2.75) is 67.3 Å². The molecule has 0 aliphatic rings. The molecule has 0 saturated carbocycles. The third kappa shape index (κ3) is 7.65. The van der Waals surface area contributed by atoms with E-state index in [1.54, 1.807) is 19.1 Å². The molecule has 0 saturated heterocycles. The molecule has 2 aromatic carbocycles. The first kappa shape index (κ1) is 31.4. The Labute approximate surface area is 218 Å². The molecule has 0 bridgehead atoms. The van der Waals surface area contributed by atoms with Crippen molar-refractivity contribution in [2.24, 2.45) is 5.73 Å². The van der Waals surface area contributed by atoms with Crippen LogP contribution in [0.5, 0.6) is 5.75 Å². The highest BCUT2D eigenvalue weighted by Gasteiger charge is 2.25. The van der Waals surface area contributed by atoms with E-state index in [0.717, 1.165) is 47.0 Å². The zero-order valence-electron chi connectivity index (χ0n) is 22.9. The molecule has 0 radical (unpaired) electrons. The average Bonchev–Trinajstić information content (AvgIpc) is 3.18. The zero-order valence-corrected chi connectivity index (χ0v) is 22.9. The zero-order chi connectivity index (χ0) is 28.1. The largest absolute Gasteiger partial charge is 0.481 e. The summed E-state index contributed by atoms with van der Waals surface area (Å²) in [7, 11) is 1.31. The van der Waals surface area contributed by atoms with Crippen LogP contribution in [-0.4, -0.2) is 36.4 Å². The summed E-state index contributed by atoms with van der Waals surface area (Å²) in [5.41, 5.74) is 9.74. The number of hydrogen-bond donors (Lipinski definition) is 1. The predicted molar refractivity (Wildman–Crippen MR) is 145 cm³/mol. The second-order valence-corrected chi connectivity index (χ2v) is 8.07. The van der Waals surface area contributed by atoms with Crippen LogP contribution in [0.15, 0.2) is 30.3 Å². The van der Waals surface area contributed by atoms with Crippen molar-refractivity contribution in [3.63, 3.8) is 0 Å². The van der Waals surface area contributed by atoms with Crippen LogP contribution in [0.25, 0.3) is 10.9 Å². The van der Waals surface area contributed by atoms with Gasteiger partial charge < -0.3 is 19.8 Å². The Kier molecular flexibility index (Phi) is 13.1. The molecular formula is C29H39FN2O5. The number of ether oxygens (including phenoxy) is 2. The minimum absolute atomic E-state index is 0.0695. The summed E-state index contributed by atoms with van der Waals surface area (Å²) in [5, 5.41) is 0.724. The molecule has 0 atom stereocenters. The van der Waals surface area contributed by atoms with Gasteiger partial charge in [0, 0.05) is 17.8 Å². The van der Waals surface area contributed by atoms with Crippen molar-refractivity contribution in [2.75, 3.05) is 13.7 Å². The number of carbonyl (C=O) groups is 3. The van der Waals surface area contributed by atoms with Crippen LogP contribution in [0, 0.1) is 12.7 Å². The molecule has 8 heteroatoms. The van der Waals surface area contributed by atoms with Crippen LogP contribution in [0.4, 0.5) is 4.39 Å². The number of esters is 1. The van der Waals surface area contributed by atoms with Gasteiger partial charge in [-0.3, -0.25) is 9.59 Å². The summed E-state index contributed by atoms with van der Waals surface area (Å²) in [6, 6.07) is 8.34. The van der Waals surface area contributed by atoms with Gasteiger partial charge in [0.2, 0.25) is 6.41 Å². The van der Waals surface area contributed by atoms with E-state index < -0.39 is 5.97 Å². The molecule has 1 aromatic heterocycles. The summed E-state index contributed by atoms with van der Waals surface area (Å²) in [6.45, 7) is 11.9. The number of primary amides is 1. The average molecular weight is 515 g/mol. The van der Waals surface area contributed by atoms with Crippen LogP contribution >= 0.6 is 0 Å². The molecule has 0 aliphatic heterocycles. The third-order valence-electron chi connectivity index (χ3n) is 5.81. The van der Waals surface area contributed by atoms with E-state index in [-0.39, 0.29) is 24.6 Å². The van der Waals surface area contributed by atoms with E-state index in [9.17, 15) is 14.0 Å². The highest BCUT2D eigenvalue weighted by molar-refractivity contribution is 6.11. The van der Waals surface area contributed by atoms with E-state index >= 15 is 0 Å². The molecule has 2 N–H and O–H groups in total. The SMILES string of the molecule is CC.CCCc1c(CC)cc(OCC(=O)OC)c2c(C(C)=O)c(C)n(Cc3ccc(F)cc3)c12.NC=O. The number of nitrogens with two attached hydrogens (primary N) is 1. The fourth-order valence-electron chi connectivity index (χ4n) is 4.31. The number of aryl methyl sites for hydroxylation is 2. The van der Waals surface area contributed by atoms with E-state index in [1.807, 2.05) is 26.8 Å². The number of hydrogen-bond acceptors (Lipinski definition) is 5. The smallest absolute Gasteiger partial charge is 0.343 e. The molecule has 3 aromatic rings. The number of Topliss-reactive ketones (excluding diaryl/α,β-unsaturated/α-hetero) is 1. The van der Waals surface area contributed by atoms with Crippen LogP contribution in [0.2, 0.25) is 0 Å². The van der Waals surface area contributed by atoms with Gasteiger partial charge in [-0.2, -0.15) is 0 Å². The Balaban J connectivity index is 0.00000127. The second-order valence-electron chi connectivity index (χ2n) is 8.07. The Bertz CT molecular complexity index is 1200. The first-order valence-corrected chi connectivity index (χ1v) is 12.5. The first-order valence-electron chi connectivity index (χ1n) is 12.5. The van der Waals surface area contributed by atoms with Crippen LogP contribution in [0.3, 0.4) is 0 Å². The molecule has 0 spiro atoms. The number of carbonyl (C=O) groups excluding carboxylic acids is 3. The molecule has 3 rings (SSSR count). The van der Waals surface area contributed by atoms with Gasteiger partial charge in [-0.15, -0.1) is 0 Å². The maximum atomic E-state index is 13.5. The molecule has 37 heavy (non-hydrogen) atoms. The van der Waals surface area contributed by atoms with Gasteiger partial charge in [0.15, 0.2) is 12.4 Å². The summed E-state index contributed by atoms with van der Waals surface area (Å²) in [4.78, 5) is 33.1. The second kappa shape index (κ2) is 15.4. The monoisotopic (exact) mass is 514 g/mol. The number of aromatic nitrogens is 1. The van der Waals surface area contributed by atoms with Crippen molar-refractivity contribution in [3.05, 3.63) is 64.1 Å². The van der Waals surface area contributed by atoms with Crippen molar-refractivity contribution < 1.29 is 28.2 Å². The van der Waals surface area contributed by atoms with Crippen LogP contribution in [0.1, 0.15) is 73.8 Å². The Morgan fingerprint density at radius 2 is 1.73 bits per heavy atom. The molecule has 0 unspecified atom stereocenters. The summed E-state index contributed by atoms with van der Waals surface area (Å²) in [6.07, 6.45) is 2.83. The van der Waals surface area contributed by atoms with E-state index in [4.69, 9.17) is 14.3 Å². The van der Waals surface area contributed by atoms with Gasteiger partial charge in [-0.05, 0) is 61.6 Å². The number of methoxy groups -OCH3 is 1. The van der Waals surface area contributed by atoms with Gasteiger partial charge in [0.25, 0.3) is 0 Å². The summed E-state index contributed by atoms with van der Waals surface area (Å²) >= 11 is 0. The van der Waals surface area contributed by atoms with Crippen molar-refractivity contribution in [1.82, 2.24) is 4.57 Å². The molecule has 0 fully saturated rings. The lowest BCUT2D eigenvalue weighted by molar-refractivity contribution is -0.142. The molecule has 202 valence electrons. The quantitative estimate of drug-likeness (QED) is 0.230. The Hall–Kier alpha value is -3.68. The van der Waals surface area contributed by atoms with Gasteiger partial charge in [0.1, 0.15) is 11.6 Å². The fourth-order valence-corrected chi connectivity index (χ4v) is 4.31. The lowest BCUT2D eigenvalue weighted by atomic mass is 9.95. The summed E-state index contributed by atoms with van der Waals surface area (Å²) < 4.78 is 26.2. The minimum atomic E-state index is -0.485. The van der Waals surface area contributed by atoms with Gasteiger partial charge >= 0.3 is 5.97 Å². The standard InChI is InChI=1S/C26H30FNO4.C2H6.CH3NO/c1-6-8-21-19(7-2)13-22(32-15-23(30)31-5)25-24(17(4)29)16(3)28(26(21)25)14-18-9-11-20(27)12-10-18;1-2;2-1-3/h9-13H,6-8,14-15H2,1-5H3;1-2H3;1H,(H2,2,3). The minimum Gasteiger partial charge on any atom is -0.481 e. The number of amides is 1. The highest BCUT2D eigenvalue weighted by atomic mass is 19.1. The van der Waals surface area contributed by atoms with Crippen molar-refractivity contribution >= 4 is 29.1 Å². The van der Waals surface area contributed by atoms with E-state index in [1.165, 1.54) is 24.8 Å².